The summed E-state index contributed by atoms with van der Waals surface area (Å²) in [6.45, 7) is 7.02. The lowest BCUT2D eigenvalue weighted by molar-refractivity contribution is -0.118. The molecule has 126 valence electrons. The highest BCUT2D eigenvalue weighted by Crippen LogP contribution is 2.28. The molecule has 0 saturated heterocycles. The van der Waals surface area contributed by atoms with E-state index < -0.39 is 5.60 Å². The highest BCUT2D eigenvalue weighted by molar-refractivity contribution is 6.27. The molecule has 1 N–H and O–H groups in total. The van der Waals surface area contributed by atoms with Crippen molar-refractivity contribution in [1.82, 2.24) is 10.2 Å². The standard InChI is InChI=1S/C17H23ClN2O3/c1-17(2,3)23-16(22)20-10-12-6-4-5-7-14(12)13(11-20)9-19-15(21)8-18/h4-7,13H,8-11H2,1-3H3,(H,19,21). The fourth-order valence-corrected chi connectivity index (χ4v) is 2.73. The third kappa shape index (κ3) is 4.86. The lowest BCUT2D eigenvalue weighted by Gasteiger charge is -2.35. The molecule has 6 heteroatoms. The van der Waals surface area contributed by atoms with E-state index in [0.717, 1.165) is 11.1 Å². The molecule has 23 heavy (non-hydrogen) atoms. The van der Waals surface area contributed by atoms with E-state index in [2.05, 4.69) is 5.32 Å². The van der Waals surface area contributed by atoms with Crippen LogP contribution >= 0.6 is 11.6 Å². The van der Waals surface area contributed by atoms with Gasteiger partial charge in [-0.3, -0.25) is 4.79 Å². The molecule has 0 radical (unpaired) electrons. The van der Waals surface area contributed by atoms with Crippen LogP contribution in [0.4, 0.5) is 4.79 Å². The van der Waals surface area contributed by atoms with Crippen molar-refractivity contribution >= 4 is 23.6 Å². The van der Waals surface area contributed by atoms with Gasteiger partial charge in [0.1, 0.15) is 11.5 Å². The molecule has 1 aromatic rings. The van der Waals surface area contributed by atoms with Gasteiger partial charge in [0.15, 0.2) is 0 Å². The first-order valence-electron chi connectivity index (χ1n) is 7.68. The van der Waals surface area contributed by atoms with Crippen LogP contribution < -0.4 is 5.32 Å². The Hall–Kier alpha value is -1.75. The molecule has 2 rings (SSSR count). The monoisotopic (exact) mass is 338 g/mol. The quantitative estimate of drug-likeness (QED) is 0.862. The van der Waals surface area contributed by atoms with Crippen LogP contribution in [0.5, 0.6) is 0 Å². The Kier molecular flexibility index (Phi) is 5.52. The Bertz CT molecular complexity index is 583. The Labute approximate surface area is 141 Å². The molecule has 2 amide bonds. The predicted molar refractivity (Wildman–Crippen MR) is 89.6 cm³/mol. The average Bonchev–Trinajstić information content (AvgIpc) is 2.50. The highest BCUT2D eigenvalue weighted by atomic mass is 35.5. The topological polar surface area (TPSA) is 58.6 Å². The summed E-state index contributed by atoms with van der Waals surface area (Å²) in [7, 11) is 0. The molecule has 0 aliphatic carbocycles. The summed E-state index contributed by atoms with van der Waals surface area (Å²) >= 11 is 5.53. The minimum atomic E-state index is -0.531. The zero-order valence-corrected chi connectivity index (χ0v) is 14.5. The number of alkyl halides is 1. The van der Waals surface area contributed by atoms with Crippen LogP contribution in [0.1, 0.15) is 37.8 Å². The number of hydrogen-bond donors (Lipinski definition) is 1. The predicted octanol–water partition coefficient (Wildman–Crippen LogP) is 2.88. The first kappa shape index (κ1) is 17.6. The normalized spacial score (nSPS) is 17.4. The summed E-state index contributed by atoms with van der Waals surface area (Å²) < 4.78 is 5.47. The molecule has 0 fully saturated rings. The summed E-state index contributed by atoms with van der Waals surface area (Å²) in [5.41, 5.74) is 1.70. The van der Waals surface area contributed by atoms with E-state index in [9.17, 15) is 9.59 Å². The van der Waals surface area contributed by atoms with Crippen LogP contribution in [0, 0.1) is 0 Å². The van der Waals surface area contributed by atoms with E-state index in [1.165, 1.54) is 0 Å². The average molecular weight is 339 g/mol. The second kappa shape index (κ2) is 7.21. The van der Waals surface area contributed by atoms with Crippen molar-refractivity contribution in [2.45, 2.75) is 38.8 Å². The number of carbonyl (C=O) groups excluding carboxylic acids is 2. The number of hydrogen-bond acceptors (Lipinski definition) is 3. The van der Waals surface area contributed by atoms with Crippen LogP contribution in [0.3, 0.4) is 0 Å². The highest BCUT2D eigenvalue weighted by Gasteiger charge is 2.30. The van der Waals surface area contributed by atoms with Crippen molar-refractivity contribution in [3.05, 3.63) is 35.4 Å². The van der Waals surface area contributed by atoms with Gasteiger partial charge in [-0.05, 0) is 31.9 Å². The second-order valence-corrected chi connectivity index (χ2v) is 6.96. The third-order valence-electron chi connectivity index (χ3n) is 3.62. The molecule has 0 aromatic heterocycles. The molecule has 1 heterocycles. The van der Waals surface area contributed by atoms with Crippen molar-refractivity contribution in [1.29, 1.82) is 0 Å². The van der Waals surface area contributed by atoms with Gasteiger partial charge in [-0.2, -0.15) is 0 Å². The Morgan fingerprint density at radius 3 is 2.70 bits per heavy atom. The number of carbonyl (C=O) groups is 2. The lowest BCUT2D eigenvalue weighted by atomic mass is 9.90. The first-order chi connectivity index (χ1) is 10.8. The Morgan fingerprint density at radius 1 is 1.35 bits per heavy atom. The molecule has 1 aliphatic heterocycles. The largest absolute Gasteiger partial charge is 0.444 e. The van der Waals surface area contributed by atoms with Gasteiger partial charge >= 0.3 is 6.09 Å². The van der Waals surface area contributed by atoms with E-state index in [1.54, 1.807) is 4.90 Å². The summed E-state index contributed by atoms with van der Waals surface area (Å²) in [6, 6.07) is 7.96. The van der Waals surface area contributed by atoms with Crippen LogP contribution in [0.15, 0.2) is 24.3 Å². The number of amides is 2. The number of benzene rings is 1. The van der Waals surface area contributed by atoms with Gasteiger partial charge < -0.3 is 15.0 Å². The molecule has 1 aromatic carbocycles. The van der Waals surface area contributed by atoms with Crippen LogP contribution in [-0.2, 0) is 16.1 Å². The van der Waals surface area contributed by atoms with E-state index in [1.807, 2.05) is 45.0 Å². The number of nitrogens with one attached hydrogen (secondary N) is 1. The van der Waals surface area contributed by atoms with Gasteiger partial charge in [0, 0.05) is 25.6 Å². The maximum atomic E-state index is 12.4. The third-order valence-corrected chi connectivity index (χ3v) is 3.86. The van der Waals surface area contributed by atoms with Crippen LogP contribution in [0.25, 0.3) is 0 Å². The molecule has 0 bridgehead atoms. The number of rotatable bonds is 3. The van der Waals surface area contributed by atoms with Gasteiger partial charge in [0.05, 0.1) is 0 Å². The molecule has 0 saturated carbocycles. The molecule has 1 atom stereocenters. The summed E-state index contributed by atoms with van der Waals surface area (Å²) in [6.07, 6.45) is -0.333. The molecule has 0 spiro atoms. The Balaban J connectivity index is 2.14. The van der Waals surface area contributed by atoms with Gasteiger partial charge in [-0.15, -0.1) is 11.6 Å². The summed E-state index contributed by atoms with van der Waals surface area (Å²) in [5, 5.41) is 2.80. The first-order valence-corrected chi connectivity index (χ1v) is 8.22. The second-order valence-electron chi connectivity index (χ2n) is 6.69. The lowest BCUT2D eigenvalue weighted by Crippen LogP contribution is -2.44. The fourth-order valence-electron chi connectivity index (χ4n) is 2.64. The van der Waals surface area contributed by atoms with Gasteiger partial charge in [-0.25, -0.2) is 4.79 Å². The minimum absolute atomic E-state index is 0.0274. The van der Waals surface area contributed by atoms with E-state index >= 15 is 0 Å². The maximum Gasteiger partial charge on any atom is 0.410 e. The molecular formula is C17H23ClN2O3. The number of nitrogens with zero attached hydrogens (tertiary/aromatic N) is 1. The summed E-state index contributed by atoms with van der Waals surface area (Å²) in [5.74, 6) is -0.248. The molecule has 5 nitrogen and oxygen atoms in total. The zero-order valence-electron chi connectivity index (χ0n) is 13.8. The van der Waals surface area contributed by atoms with Crippen molar-refractivity contribution in [2.24, 2.45) is 0 Å². The van der Waals surface area contributed by atoms with Crippen molar-refractivity contribution in [3.63, 3.8) is 0 Å². The van der Waals surface area contributed by atoms with Gasteiger partial charge in [-0.1, -0.05) is 24.3 Å². The fraction of sp³-hybridized carbons (Fsp3) is 0.529. The van der Waals surface area contributed by atoms with Gasteiger partial charge in [0.25, 0.3) is 0 Å². The number of halogens is 1. The van der Waals surface area contributed by atoms with E-state index in [-0.39, 0.29) is 23.8 Å². The molecule has 1 aliphatic rings. The van der Waals surface area contributed by atoms with Crippen molar-refractivity contribution in [2.75, 3.05) is 19.0 Å². The minimum Gasteiger partial charge on any atom is -0.444 e. The van der Waals surface area contributed by atoms with Crippen LogP contribution in [0.2, 0.25) is 0 Å². The zero-order chi connectivity index (χ0) is 17.0. The van der Waals surface area contributed by atoms with Crippen molar-refractivity contribution < 1.29 is 14.3 Å². The van der Waals surface area contributed by atoms with Crippen molar-refractivity contribution in [3.8, 4) is 0 Å². The number of ether oxygens (including phenoxy) is 1. The van der Waals surface area contributed by atoms with Gasteiger partial charge in [0.2, 0.25) is 5.91 Å². The Morgan fingerprint density at radius 2 is 2.04 bits per heavy atom. The summed E-state index contributed by atoms with van der Waals surface area (Å²) in [4.78, 5) is 25.5. The smallest absolute Gasteiger partial charge is 0.410 e. The van der Waals surface area contributed by atoms with E-state index in [4.69, 9.17) is 16.3 Å². The maximum absolute atomic E-state index is 12.4. The molecule has 1 unspecified atom stereocenters. The number of fused-ring (bicyclic) bond motifs is 1. The molecular weight excluding hydrogens is 316 g/mol. The van der Waals surface area contributed by atoms with Crippen LogP contribution in [-0.4, -0.2) is 41.5 Å². The SMILES string of the molecule is CC(C)(C)OC(=O)N1Cc2ccccc2C(CNC(=O)CCl)C1. The van der Waals surface area contributed by atoms with E-state index in [0.29, 0.717) is 19.6 Å².